The molecule has 184 valence electrons. The summed E-state index contributed by atoms with van der Waals surface area (Å²) in [5, 5.41) is 8.94. The second kappa shape index (κ2) is 11.1. The number of halogens is 1. The van der Waals surface area contributed by atoms with E-state index in [4.69, 9.17) is 21.1 Å². The van der Waals surface area contributed by atoms with Crippen LogP contribution in [-0.4, -0.2) is 30.7 Å². The lowest BCUT2D eigenvalue weighted by Crippen LogP contribution is -2.21. The monoisotopic (exact) mass is 503 g/mol. The van der Waals surface area contributed by atoms with Gasteiger partial charge in [-0.05, 0) is 68.8 Å². The Hall–Kier alpha value is -4.10. The van der Waals surface area contributed by atoms with Gasteiger partial charge in [-0.1, -0.05) is 47.5 Å². The van der Waals surface area contributed by atoms with Crippen LogP contribution in [0.5, 0.6) is 11.5 Å². The van der Waals surface area contributed by atoms with Gasteiger partial charge < -0.3 is 14.8 Å². The molecule has 0 saturated heterocycles. The fourth-order valence-electron chi connectivity index (χ4n) is 3.62. The number of amides is 2. The molecule has 4 rings (SSSR count). The number of benzene rings is 3. The maximum Gasteiger partial charge on any atom is 0.280 e. The Bertz CT molecular complexity index is 1350. The molecule has 8 heteroatoms. The largest absolute Gasteiger partial charge is 0.490 e. The van der Waals surface area contributed by atoms with Gasteiger partial charge in [0.1, 0.15) is 0 Å². The first-order valence-corrected chi connectivity index (χ1v) is 11.9. The molecule has 0 aromatic heterocycles. The van der Waals surface area contributed by atoms with E-state index in [-0.39, 0.29) is 18.4 Å². The highest BCUT2D eigenvalue weighted by molar-refractivity contribution is 6.37. The minimum atomic E-state index is -0.282. The Kier molecular flexibility index (Phi) is 7.71. The molecule has 0 aliphatic carbocycles. The van der Waals surface area contributed by atoms with Crippen molar-refractivity contribution in [3.05, 3.63) is 88.5 Å². The SMILES string of the molecule is CCOc1cc(C=C2C(=O)N(c3ccccc3Cl)N=C2C)ccc1OCC(=O)Nc1ccc(C)cc1. The van der Waals surface area contributed by atoms with E-state index in [1.807, 2.05) is 38.1 Å². The van der Waals surface area contributed by atoms with Crippen molar-refractivity contribution in [3.8, 4) is 11.5 Å². The third kappa shape index (κ3) is 5.75. The summed E-state index contributed by atoms with van der Waals surface area (Å²) in [6.07, 6.45) is 1.74. The fourth-order valence-corrected chi connectivity index (χ4v) is 3.83. The number of anilines is 2. The molecular weight excluding hydrogens is 478 g/mol. The predicted molar refractivity (Wildman–Crippen MR) is 143 cm³/mol. The Morgan fingerprint density at radius 1 is 1.03 bits per heavy atom. The van der Waals surface area contributed by atoms with Crippen LogP contribution < -0.4 is 19.8 Å². The van der Waals surface area contributed by atoms with Gasteiger partial charge in [-0.2, -0.15) is 10.1 Å². The molecule has 0 unspecified atom stereocenters. The zero-order chi connectivity index (χ0) is 25.7. The van der Waals surface area contributed by atoms with E-state index >= 15 is 0 Å². The molecule has 0 fully saturated rings. The number of carbonyl (C=O) groups excluding carboxylic acids is 2. The molecule has 3 aromatic carbocycles. The smallest absolute Gasteiger partial charge is 0.280 e. The average molecular weight is 504 g/mol. The molecule has 1 aliphatic heterocycles. The number of para-hydroxylation sites is 1. The van der Waals surface area contributed by atoms with Gasteiger partial charge in [0.25, 0.3) is 11.8 Å². The lowest BCUT2D eigenvalue weighted by Gasteiger charge is -2.14. The van der Waals surface area contributed by atoms with Crippen molar-refractivity contribution in [1.82, 2.24) is 0 Å². The minimum absolute atomic E-state index is 0.175. The van der Waals surface area contributed by atoms with Gasteiger partial charge in [-0.3, -0.25) is 9.59 Å². The lowest BCUT2D eigenvalue weighted by molar-refractivity contribution is -0.118. The van der Waals surface area contributed by atoms with E-state index in [0.29, 0.717) is 45.8 Å². The maximum atomic E-state index is 13.1. The van der Waals surface area contributed by atoms with Crippen LogP contribution in [0.25, 0.3) is 6.08 Å². The van der Waals surface area contributed by atoms with Gasteiger partial charge in [0.15, 0.2) is 18.1 Å². The molecule has 0 spiro atoms. The fraction of sp³-hybridized carbons (Fsp3) is 0.179. The van der Waals surface area contributed by atoms with Crippen LogP contribution in [0.3, 0.4) is 0 Å². The van der Waals surface area contributed by atoms with E-state index < -0.39 is 0 Å². The zero-order valence-corrected chi connectivity index (χ0v) is 21.0. The van der Waals surface area contributed by atoms with Crippen molar-refractivity contribution in [2.75, 3.05) is 23.5 Å². The van der Waals surface area contributed by atoms with Crippen molar-refractivity contribution in [1.29, 1.82) is 0 Å². The molecule has 1 aliphatic rings. The van der Waals surface area contributed by atoms with Crippen LogP contribution in [0.2, 0.25) is 5.02 Å². The van der Waals surface area contributed by atoms with Gasteiger partial charge in [-0.15, -0.1) is 0 Å². The molecule has 0 saturated carbocycles. The number of aryl methyl sites for hydroxylation is 1. The Morgan fingerprint density at radius 2 is 1.78 bits per heavy atom. The molecule has 2 amide bonds. The zero-order valence-electron chi connectivity index (χ0n) is 20.2. The van der Waals surface area contributed by atoms with E-state index in [1.165, 1.54) is 5.01 Å². The van der Waals surface area contributed by atoms with Crippen molar-refractivity contribution in [2.24, 2.45) is 5.10 Å². The van der Waals surface area contributed by atoms with Gasteiger partial charge in [0, 0.05) is 5.69 Å². The Labute approximate surface area is 215 Å². The van der Waals surface area contributed by atoms with Crippen LogP contribution in [0.4, 0.5) is 11.4 Å². The van der Waals surface area contributed by atoms with Crippen LogP contribution in [0.15, 0.2) is 77.4 Å². The number of nitrogens with zero attached hydrogens (tertiary/aromatic N) is 2. The van der Waals surface area contributed by atoms with E-state index in [2.05, 4.69) is 10.4 Å². The standard InChI is InChI=1S/C28H26ClN3O4/c1-4-35-26-16-20(11-14-25(26)36-17-27(33)30-21-12-9-18(2)10-13-21)15-22-19(3)31-32(28(22)34)24-8-6-5-7-23(24)29/h5-16H,4,17H2,1-3H3,(H,30,33). The number of ether oxygens (including phenoxy) is 2. The van der Waals surface area contributed by atoms with Gasteiger partial charge in [0.05, 0.1) is 28.6 Å². The number of hydrogen-bond donors (Lipinski definition) is 1. The number of nitrogens with one attached hydrogen (secondary N) is 1. The third-order valence-electron chi connectivity index (χ3n) is 5.42. The summed E-state index contributed by atoms with van der Waals surface area (Å²) in [5.41, 5.74) is 4.08. The lowest BCUT2D eigenvalue weighted by atomic mass is 10.1. The highest BCUT2D eigenvalue weighted by atomic mass is 35.5. The van der Waals surface area contributed by atoms with Crippen LogP contribution in [0, 0.1) is 6.92 Å². The Morgan fingerprint density at radius 3 is 2.50 bits per heavy atom. The van der Waals surface area contributed by atoms with Crippen LogP contribution >= 0.6 is 11.6 Å². The van der Waals surface area contributed by atoms with Crippen molar-refractivity contribution in [3.63, 3.8) is 0 Å². The van der Waals surface area contributed by atoms with Crippen molar-refractivity contribution >= 4 is 46.6 Å². The maximum absolute atomic E-state index is 13.1. The van der Waals surface area contributed by atoms with Crippen LogP contribution in [-0.2, 0) is 9.59 Å². The number of hydrogen-bond acceptors (Lipinski definition) is 5. The second-order valence-electron chi connectivity index (χ2n) is 8.15. The third-order valence-corrected chi connectivity index (χ3v) is 5.74. The first kappa shape index (κ1) is 25.0. The molecular formula is C28H26ClN3O4. The molecule has 1 N–H and O–H groups in total. The minimum Gasteiger partial charge on any atom is -0.490 e. The normalized spacial score (nSPS) is 14.1. The van der Waals surface area contributed by atoms with Crippen molar-refractivity contribution in [2.45, 2.75) is 20.8 Å². The summed E-state index contributed by atoms with van der Waals surface area (Å²) in [7, 11) is 0. The highest BCUT2D eigenvalue weighted by Crippen LogP contribution is 2.33. The first-order chi connectivity index (χ1) is 17.4. The van der Waals surface area contributed by atoms with Crippen LogP contribution in [0.1, 0.15) is 25.0 Å². The first-order valence-electron chi connectivity index (χ1n) is 11.5. The van der Waals surface area contributed by atoms with E-state index in [1.54, 1.807) is 55.5 Å². The quantitative estimate of drug-likeness (QED) is 0.390. The summed E-state index contributed by atoms with van der Waals surface area (Å²) >= 11 is 6.26. The predicted octanol–water partition coefficient (Wildman–Crippen LogP) is 5.87. The summed E-state index contributed by atoms with van der Waals surface area (Å²) in [5.74, 6) is 0.346. The molecule has 7 nitrogen and oxygen atoms in total. The topological polar surface area (TPSA) is 80.2 Å². The number of carbonyl (C=O) groups is 2. The Balaban J connectivity index is 1.49. The number of rotatable bonds is 8. The summed E-state index contributed by atoms with van der Waals surface area (Å²) in [6, 6.07) is 19.8. The van der Waals surface area contributed by atoms with Gasteiger partial charge in [-0.25, -0.2) is 0 Å². The summed E-state index contributed by atoms with van der Waals surface area (Å²) in [6.45, 7) is 5.85. The molecule has 1 heterocycles. The van der Waals surface area contributed by atoms with Gasteiger partial charge in [0.2, 0.25) is 0 Å². The van der Waals surface area contributed by atoms with E-state index in [9.17, 15) is 9.59 Å². The highest BCUT2D eigenvalue weighted by Gasteiger charge is 2.29. The summed E-state index contributed by atoms with van der Waals surface area (Å²) < 4.78 is 11.5. The van der Waals surface area contributed by atoms with Gasteiger partial charge >= 0.3 is 0 Å². The average Bonchev–Trinajstić information content (AvgIpc) is 3.13. The van der Waals surface area contributed by atoms with E-state index in [0.717, 1.165) is 11.1 Å². The summed E-state index contributed by atoms with van der Waals surface area (Å²) in [4.78, 5) is 25.4. The van der Waals surface area contributed by atoms with Crippen molar-refractivity contribution < 1.29 is 19.1 Å². The molecule has 0 atom stereocenters. The molecule has 0 radical (unpaired) electrons. The molecule has 3 aromatic rings. The second-order valence-corrected chi connectivity index (χ2v) is 8.56. The number of hydrazone groups is 1. The molecule has 0 bridgehead atoms. The molecule has 36 heavy (non-hydrogen) atoms.